The third-order valence-electron chi connectivity index (χ3n) is 4.99. The van der Waals surface area contributed by atoms with Gasteiger partial charge in [0.15, 0.2) is 0 Å². The summed E-state index contributed by atoms with van der Waals surface area (Å²) in [4.78, 5) is 14.0. The average molecular weight is 339 g/mol. The Hall–Kier alpha value is -2.74. The maximum Gasteiger partial charge on any atom is 0.224 e. The van der Waals surface area contributed by atoms with Crippen molar-refractivity contribution in [3.05, 3.63) is 41.7 Å². The van der Waals surface area contributed by atoms with Gasteiger partial charge in [0.1, 0.15) is 5.52 Å². The summed E-state index contributed by atoms with van der Waals surface area (Å²) in [5.74, 6) is 0.146. The van der Waals surface area contributed by atoms with Gasteiger partial charge in [0.2, 0.25) is 5.91 Å². The number of carbonyl (C=O) groups is 1. The molecule has 0 unspecified atom stereocenters. The van der Waals surface area contributed by atoms with Gasteiger partial charge in [0, 0.05) is 46.3 Å². The van der Waals surface area contributed by atoms with Crippen LogP contribution < -0.4 is 5.32 Å². The van der Waals surface area contributed by atoms with Crippen molar-refractivity contribution in [1.29, 1.82) is 0 Å². The molecule has 0 aliphatic carbocycles. The van der Waals surface area contributed by atoms with E-state index < -0.39 is 0 Å². The van der Waals surface area contributed by atoms with Crippen molar-refractivity contribution < 1.29 is 4.79 Å². The fourth-order valence-electron chi connectivity index (χ4n) is 3.58. The number of carbonyl (C=O) groups excluding carboxylic acids is 1. The number of aromatic nitrogens is 5. The molecule has 1 saturated heterocycles. The second-order valence-corrected chi connectivity index (χ2v) is 6.56. The number of nitrogens with zero attached hydrogens (tertiary/aromatic N) is 6. The van der Waals surface area contributed by atoms with Crippen LogP contribution in [0.5, 0.6) is 0 Å². The molecule has 2 aromatic heterocycles. The fraction of sp³-hybridized carbons (Fsp3) is 0.412. The lowest BCUT2D eigenvalue weighted by Crippen LogP contribution is -2.35. The summed E-state index contributed by atoms with van der Waals surface area (Å²) in [5, 5.41) is 16.0. The topological polar surface area (TPSA) is 80.9 Å². The number of likely N-dealkylation sites (tertiary alicyclic amines) is 1. The van der Waals surface area contributed by atoms with Crippen LogP contribution in [0.15, 0.2) is 30.5 Å². The molecule has 3 heterocycles. The molecule has 3 aromatic rings. The van der Waals surface area contributed by atoms with Gasteiger partial charge in [-0.25, -0.2) is 4.68 Å². The number of hydrogen-bond donors (Lipinski definition) is 1. The van der Waals surface area contributed by atoms with Crippen molar-refractivity contribution in [1.82, 2.24) is 35.0 Å². The van der Waals surface area contributed by atoms with Crippen LogP contribution in [-0.2, 0) is 25.4 Å². The Bertz CT molecular complexity index is 928. The molecule has 1 amide bonds. The molecule has 8 heteroatoms. The van der Waals surface area contributed by atoms with Crippen LogP contribution in [0.3, 0.4) is 0 Å². The zero-order valence-corrected chi connectivity index (χ0v) is 14.5. The summed E-state index contributed by atoms with van der Waals surface area (Å²) in [7, 11) is 5.64. The van der Waals surface area contributed by atoms with E-state index in [1.807, 2.05) is 44.0 Å². The Labute approximate surface area is 145 Å². The van der Waals surface area contributed by atoms with E-state index in [1.54, 1.807) is 15.8 Å². The molecule has 2 atom stereocenters. The zero-order valence-electron chi connectivity index (χ0n) is 14.5. The van der Waals surface area contributed by atoms with Crippen LogP contribution in [0.1, 0.15) is 23.7 Å². The molecule has 0 bridgehead atoms. The molecule has 8 nitrogen and oxygen atoms in total. The maximum absolute atomic E-state index is 12.2. The van der Waals surface area contributed by atoms with E-state index in [9.17, 15) is 4.79 Å². The van der Waals surface area contributed by atoms with E-state index >= 15 is 0 Å². The molecule has 1 aliphatic heterocycles. The standard InChI is InChI=1S/C17H21N7O/c1-22-16(25)9-13(17(22)15-6-7-19-23(15)2)18-10-11-4-5-14-12(8-11)20-21-24(14)3/h4-8,13,17-18H,9-10H2,1-3H3/t13-,17-/m1/s1. The largest absolute Gasteiger partial charge is 0.336 e. The second-order valence-electron chi connectivity index (χ2n) is 6.56. The first kappa shape index (κ1) is 15.8. The van der Waals surface area contributed by atoms with Crippen LogP contribution in [0, 0.1) is 0 Å². The first-order valence-electron chi connectivity index (χ1n) is 8.30. The predicted octanol–water partition coefficient (Wildman–Crippen LogP) is 0.763. The van der Waals surface area contributed by atoms with E-state index in [4.69, 9.17) is 0 Å². The Morgan fingerprint density at radius 1 is 1.20 bits per heavy atom. The van der Waals surface area contributed by atoms with Gasteiger partial charge in [0.25, 0.3) is 0 Å². The number of aryl methyl sites for hydroxylation is 2. The minimum Gasteiger partial charge on any atom is -0.336 e. The number of rotatable bonds is 4. The minimum atomic E-state index is -0.0137. The molecule has 1 aromatic carbocycles. The summed E-state index contributed by atoms with van der Waals surface area (Å²) in [6.07, 6.45) is 2.25. The van der Waals surface area contributed by atoms with Crippen LogP contribution in [-0.4, -0.2) is 48.7 Å². The molecule has 0 radical (unpaired) electrons. The van der Waals surface area contributed by atoms with E-state index in [2.05, 4.69) is 26.8 Å². The molecule has 0 saturated carbocycles. The van der Waals surface area contributed by atoms with Gasteiger partial charge in [0.05, 0.1) is 17.3 Å². The third kappa shape index (κ3) is 2.68. The average Bonchev–Trinajstić information content (AvgIpc) is 3.25. The molecule has 1 fully saturated rings. The third-order valence-corrected chi connectivity index (χ3v) is 4.99. The van der Waals surface area contributed by atoms with Gasteiger partial charge in [-0.2, -0.15) is 5.10 Å². The van der Waals surface area contributed by atoms with Crippen LogP contribution >= 0.6 is 0 Å². The van der Waals surface area contributed by atoms with Crippen molar-refractivity contribution in [3.63, 3.8) is 0 Å². The van der Waals surface area contributed by atoms with Crippen LogP contribution in [0.25, 0.3) is 11.0 Å². The molecule has 130 valence electrons. The normalized spacial score (nSPS) is 20.8. The zero-order chi connectivity index (χ0) is 17.6. The Kier molecular flexibility index (Phi) is 3.76. The SMILES string of the molecule is CN1C(=O)C[C@@H](NCc2ccc3c(c2)nnn3C)[C@@H]1c1ccnn1C. The van der Waals surface area contributed by atoms with E-state index in [0.29, 0.717) is 13.0 Å². The van der Waals surface area contributed by atoms with Gasteiger partial charge in [-0.1, -0.05) is 11.3 Å². The number of hydrogen-bond acceptors (Lipinski definition) is 5. The van der Waals surface area contributed by atoms with Gasteiger partial charge in [-0.15, -0.1) is 5.10 Å². The highest BCUT2D eigenvalue weighted by atomic mass is 16.2. The van der Waals surface area contributed by atoms with E-state index in [1.165, 1.54) is 0 Å². The first-order chi connectivity index (χ1) is 12.0. The number of benzene rings is 1. The predicted molar refractivity (Wildman–Crippen MR) is 92.5 cm³/mol. The van der Waals surface area contributed by atoms with Crippen molar-refractivity contribution in [2.24, 2.45) is 14.1 Å². The quantitative estimate of drug-likeness (QED) is 0.759. The molecule has 4 rings (SSSR count). The summed E-state index contributed by atoms with van der Waals surface area (Å²) < 4.78 is 3.59. The highest BCUT2D eigenvalue weighted by molar-refractivity contribution is 5.80. The van der Waals surface area contributed by atoms with Gasteiger partial charge < -0.3 is 10.2 Å². The lowest BCUT2D eigenvalue weighted by Gasteiger charge is -2.25. The lowest BCUT2D eigenvalue weighted by atomic mass is 10.0. The van der Waals surface area contributed by atoms with Gasteiger partial charge in [-0.3, -0.25) is 9.48 Å². The first-order valence-corrected chi connectivity index (χ1v) is 8.30. The molecule has 1 aliphatic rings. The van der Waals surface area contributed by atoms with Crippen LogP contribution in [0.2, 0.25) is 0 Å². The number of amides is 1. The van der Waals surface area contributed by atoms with Crippen LogP contribution in [0.4, 0.5) is 0 Å². The molecular weight excluding hydrogens is 318 g/mol. The Balaban J connectivity index is 1.54. The van der Waals surface area contributed by atoms with Crippen molar-refractivity contribution in [2.45, 2.75) is 25.0 Å². The number of nitrogens with one attached hydrogen (secondary N) is 1. The van der Waals surface area contributed by atoms with Crippen molar-refractivity contribution >= 4 is 16.9 Å². The van der Waals surface area contributed by atoms with Gasteiger partial charge >= 0.3 is 0 Å². The highest BCUT2D eigenvalue weighted by Crippen LogP contribution is 2.31. The van der Waals surface area contributed by atoms with E-state index in [0.717, 1.165) is 22.3 Å². The molecule has 25 heavy (non-hydrogen) atoms. The Morgan fingerprint density at radius 2 is 2.04 bits per heavy atom. The fourth-order valence-corrected chi connectivity index (χ4v) is 3.58. The second kappa shape index (κ2) is 5.96. The summed E-state index contributed by atoms with van der Waals surface area (Å²) in [6.45, 7) is 0.673. The molecule has 0 spiro atoms. The number of likely N-dealkylation sites (N-methyl/N-ethyl adjacent to an activating group) is 1. The minimum absolute atomic E-state index is 0.0137. The smallest absolute Gasteiger partial charge is 0.224 e. The van der Waals surface area contributed by atoms with Crippen molar-refractivity contribution in [2.75, 3.05) is 7.05 Å². The lowest BCUT2D eigenvalue weighted by molar-refractivity contribution is -0.127. The summed E-state index contributed by atoms with van der Waals surface area (Å²) in [6, 6.07) is 8.13. The van der Waals surface area contributed by atoms with E-state index in [-0.39, 0.29) is 18.0 Å². The highest BCUT2D eigenvalue weighted by Gasteiger charge is 2.39. The number of fused-ring (bicyclic) bond motifs is 1. The molecular formula is C17H21N7O. The van der Waals surface area contributed by atoms with Crippen molar-refractivity contribution in [3.8, 4) is 0 Å². The summed E-state index contributed by atoms with van der Waals surface area (Å²) >= 11 is 0. The monoisotopic (exact) mass is 339 g/mol. The maximum atomic E-state index is 12.2. The molecule has 1 N–H and O–H groups in total. The summed E-state index contributed by atoms with van der Waals surface area (Å²) in [5.41, 5.74) is 4.05. The van der Waals surface area contributed by atoms with Gasteiger partial charge in [-0.05, 0) is 23.8 Å². The Morgan fingerprint density at radius 3 is 2.80 bits per heavy atom.